The molecule has 0 aliphatic rings. The summed E-state index contributed by atoms with van der Waals surface area (Å²) in [4.78, 5) is 1.27. The Kier molecular flexibility index (Phi) is 2.50. The molecule has 3 aromatic rings. The number of fused-ring (bicyclic) bond motifs is 1. The summed E-state index contributed by atoms with van der Waals surface area (Å²) in [6.45, 7) is 0. The number of benzene rings is 1. The summed E-state index contributed by atoms with van der Waals surface area (Å²) in [6, 6.07) is 12.4. The van der Waals surface area contributed by atoms with Gasteiger partial charge in [0, 0.05) is 10.3 Å². The number of furan rings is 1. The van der Waals surface area contributed by atoms with E-state index in [-0.39, 0.29) is 0 Å². The number of para-hydroxylation sites is 1. The van der Waals surface area contributed by atoms with Gasteiger partial charge in [-0.05, 0) is 23.8 Å². The molecule has 0 amide bonds. The molecule has 0 fully saturated rings. The molecular formula is C13H10OS2. The molecule has 16 heavy (non-hydrogen) atoms. The zero-order valence-electron chi connectivity index (χ0n) is 8.77. The predicted molar refractivity (Wildman–Crippen MR) is 71.3 cm³/mol. The third kappa shape index (κ3) is 1.47. The average Bonchev–Trinajstić information content (AvgIpc) is 2.94. The monoisotopic (exact) mass is 246 g/mol. The molecule has 0 atom stereocenters. The van der Waals surface area contributed by atoms with Crippen LogP contribution in [0, 0.1) is 0 Å². The van der Waals surface area contributed by atoms with E-state index in [0.717, 1.165) is 10.7 Å². The Morgan fingerprint density at radius 3 is 2.75 bits per heavy atom. The van der Waals surface area contributed by atoms with Crippen LogP contribution < -0.4 is 0 Å². The quantitative estimate of drug-likeness (QED) is 0.598. The highest BCUT2D eigenvalue weighted by atomic mass is 32.2. The van der Waals surface area contributed by atoms with Gasteiger partial charge in [0.1, 0.15) is 5.58 Å². The highest BCUT2D eigenvalue weighted by molar-refractivity contribution is 7.98. The first-order chi connectivity index (χ1) is 7.90. The zero-order chi connectivity index (χ0) is 11.0. The highest BCUT2D eigenvalue weighted by Gasteiger charge is 2.15. The molecule has 3 heteroatoms. The Balaban J connectivity index is 2.36. The van der Waals surface area contributed by atoms with E-state index in [1.54, 1.807) is 23.1 Å². The fraction of sp³-hybridized carbons (Fsp3) is 0.0769. The zero-order valence-corrected chi connectivity index (χ0v) is 10.4. The Bertz CT molecular complexity index is 608. The van der Waals surface area contributed by atoms with Crippen LogP contribution in [0.5, 0.6) is 0 Å². The van der Waals surface area contributed by atoms with Crippen LogP contribution in [-0.4, -0.2) is 6.26 Å². The molecule has 0 unspecified atom stereocenters. The Hall–Kier alpha value is -1.19. The summed E-state index contributed by atoms with van der Waals surface area (Å²) in [5.41, 5.74) is 2.20. The molecule has 0 aliphatic carbocycles. The van der Waals surface area contributed by atoms with Crippen molar-refractivity contribution in [1.82, 2.24) is 0 Å². The number of hydrogen-bond acceptors (Lipinski definition) is 3. The normalized spacial score (nSPS) is 11.1. The molecule has 80 valence electrons. The first kappa shape index (κ1) is 10.00. The molecule has 3 rings (SSSR count). The van der Waals surface area contributed by atoms with Crippen molar-refractivity contribution < 1.29 is 4.42 Å². The van der Waals surface area contributed by atoms with Gasteiger partial charge < -0.3 is 4.42 Å². The van der Waals surface area contributed by atoms with E-state index in [1.165, 1.54) is 15.8 Å². The third-order valence-corrected chi connectivity index (χ3v) is 4.06. The molecule has 0 aliphatic heterocycles. The summed E-state index contributed by atoms with van der Waals surface area (Å²) >= 11 is 3.41. The maximum absolute atomic E-state index is 5.84. The Labute approximate surface area is 102 Å². The van der Waals surface area contributed by atoms with Gasteiger partial charge in [-0.25, -0.2) is 0 Å². The van der Waals surface area contributed by atoms with Gasteiger partial charge in [0.15, 0.2) is 5.09 Å². The maximum atomic E-state index is 5.84. The van der Waals surface area contributed by atoms with E-state index in [4.69, 9.17) is 4.42 Å². The maximum Gasteiger partial charge on any atom is 0.169 e. The van der Waals surface area contributed by atoms with Crippen molar-refractivity contribution in [1.29, 1.82) is 0 Å². The van der Waals surface area contributed by atoms with Gasteiger partial charge in [-0.3, -0.25) is 0 Å². The first-order valence-electron chi connectivity index (χ1n) is 4.99. The Morgan fingerprint density at radius 2 is 2.00 bits per heavy atom. The second-order valence-corrected chi connectivity index (χ2v) is 5.17. The van der Waals surface area contributed by atoms with E-state index in [2.05, 4.69) is 35.9 Å². The number of thioether (sulfide) groups is 1. The van der Waals surface area contributed by atoms with Crippen LogP contribution in [0.1, 0.15) is 0 Å². The van der Waals surface area contributed by atoms with E-state index in [9.17, 15) is 0 Å². The SMILES string of the molecule is CSc1oc2ccccc2c1-c1cccs1. The summed E-state index contributed by atoms with van der Waals surface area (Å²) in [5, 5.41) is 4.30. The van der Waals surface area contributed by atoms with Crippen LogP contribution in [0.25, 0.3) is 21.4 Å². The van der Waals surface area contributed by atoms with Crippen LogP contribution in [0.2, 0.25) is 0 Å². The van der Waals surface area contributed by atoms with Gasteiger partial charge in [0.2, 0.25) is 0 Å². The minimum Gasteiger partial charge on any atom is -0.449 e. The molecule has 0 saturated carbocycles. The van der Waals surface area contributed by atoms with Crippen LogP contribution in [0.15, 0.2) is 51.3 Å². The molecule has 0 bridgehead atoms. The van der Waals surface area contributed by atoms with E-state index in [0.29, 0.717) is 0 Å². The summed E-state index contributed by atoms with van der Waals surface area (Å²) in [7, 11) is 0. The minimum absolute atomic E-state index is 0.968. The lowest BCUT2D eigenvalue weighted by molar-refractivity contribution is 0.518. The molecule has 1 aromatic carbocycles. The lowest BCUT2D eigenvalue weighted by Crippen LogP contribution is -1.71. The third-order valence-electron chi connectivity index (χ3n) is 2.52. The molecule has 0 spiro atoms. The van der Waals surface area contributed by atoms with Gasteiger partial charge in [-0.15, -0.1) is 11.3 Å². The standard InChI is InChI=1S/C13H10OS2/c1-15-13-12(11-7-4-8-16-11)9-5-2-3-6-10(9)14-13/h2-8H,1H3. The number of rotatable bonds is 2. The van der Waals surface area contributed by atoms with Crippen LogP contribution in [0.3, 0.4) is 0 Å². The van der Waals surface area contributed by atoms with Crippen molar-refractivity contribution in [2.24, 2.45) is 0 Å². The van der Waals surface area contributed by atoms with Gasteiger partial charge in [-0.2, -0.15) is 0 Å². The van der Waals surface area contributed by atoms with E-state index in [1.807, 2.05) is 12.1 Å². The summed E-state index contributed by atoms with van der Waals surface area (Å²) in [5.74, 6) is 0. The molecule has 2 heterocycles. The molecule has 2 aromatic heterocycles. The van der Waals surface area contributed by atoms with Crippen LogP contribution >= 0.6 is 23.1 Å². The van der Waals surface area contributed by atoms with E-state index >= 15 is 0 Å². The number of hydrogen-bond donors (Lipinski definition) is 0. The van der Waals surface area contributed by atoms with Crippen molar-refractivity contribution in [3.8, 4) is 10.4 Å². The average molecular weight is 246 g/mol. The molecule has 0 radical (unpaired) electrons. The van der Waals surface area contributed by atoms with Gasteiger partial charge in [0.25, 0.3) is 0 Å². The van der Waals surface area contributed by atoms with Crippen LogP contribution in [-0.2, 0) is 0 Å². The minimum atomic E-state index is 0.968. The fourth-order valence-corrected chi connectivity index (χ4v) is 3.26. The lowest BCUT2D eigenvalue weighted by Gasteiger charge is -1.96. The second kappa shape index (κ2) is 4.00. The molecule has 0 saturated heterocycles. The smallest absolute Gasteiger partial charge is 0.169 e. The van der Waals surface area contributed by atoms with Gasteiger partial charge >= 0.3 is 0 Å². The summed E-state index contributed by atoms with van der Waals surface area (Å²) in [6.07, 6.45) is 2.05. The summed E-state index contributed by atoms with van der Waals surface area (Å²) < 4.78 is 5.84. The fourth-order valence-electron chi connectivity index (χ4n) is 1.82. The van der Waals surface area contributed by atoms with Crippen molar-refractivity contribution in [3.05, 3.63) is 41.8 Å². The van der Waals surface area contributed by atoms with Crippen molar-refractivity contribution in [3.63, 3.8) is 0 Å². The number of thiophene rings is 1. The topological polar surface area (TPSA) is 13.1 Å². The Morgan fingerprint density at radius 1 is 1.12 bits per heavy atom. The van der Waals surface area contributed by atoms with Crippen LogP contribution in [0.4, 0.5) is 0 Å². The largest absolute Gasteiger partial charge is 0.449 e. The predicted octanol–water partition coefficient (Wildman–Crippen LogP) is 4.88. The van der Waals surface area contributed by atoms with Gasteiger partial charge in [0.05, 0.1) is 5.56 Å². The van der Waals surface area contributed by atoms with Gasteiger partial charge in [-0.1, -0.05) is 36.0 Å². The van der Waals surface area contributed by atoms with E-state index < -0.39 is 0 Å². The molecular weight excluding hydrogens is 236 g/mol. The highest BCUT2D eigenvalue weighted by Crippen LogP contribution is 2.41. The van der Waals surface area contributed by atoms with Crippen molar-refractivity contribution in [2.75, 3.05) is 6.26 Å². The lowest BCUT2D eigenvalue weighted by atomic mass is 10.1. The second-order valence-electron chi connectivity index (χ2n) is 3.44. The first-order valence-corrected chi connectivity index (χ1v) is 7.10. The van der Waals surface area contributed by atoms with Crippen molar-refractivity contribution >= 4 is 34.1 Å². The molecule has 0 N–H and O–H groups in total. The molecule has 1 nitrogen and oxygen atoms in total. The van der Waals surface area contributed by atoms with Crippen molar-refractivity contribution in [2.45, 2.75) is 5.09 Å².